The lowest BCUT2D eigenvalue weighted by Gasteiger charge is -2.22. The Morgan fingerprint density at radius 2 is 2.00 bits per heavy atom. The molecular weight excluding hydrogens is 241 g/mol. The van der Waals surface area contributed by atoms with Gasteiger partial charge in [-0.2, -0.15) is 0 Å². The van der Waals surface area contributed by atoms with Crippen molar-refractivity contribution in [2.45, 2.75) is 32.0 Å². The average molecular weight is 259 g/mol. The zero-order chi connectivity index (χ0) is 13.2. The van der Waals surface area contributed by atoms with E-state index in [-0.39, 0.29) is 5.82 Å². The third-order valence-corrected chi connectivity index (χ3v) is 3.64. The molecule has 3 nitrogen and oxygen atoms in total. The molecule has 0 bridgehead atoms. The van der Waals surface area contributed by atoms with Crippen molar-refractivity contribution in [2.75, 3.05) is 0 Å². The van der Waals surface area contributed by atoms with Gasteiger partial charge in [0.25, 0.3) is 0 Å². The second kappa shape index (κ2) is 5.13. The summed E-state index contributed by atoms with van der Waals surface area (Å²) in [7, 11) is 2.02. The molecule has 0 unspecified atom stereocenters. The first-order valence-electron chi connectivity index (χ1n) is 6.66. The quantitative estimate of drug-likeness (QED) is 0.823. The van der Waals surface area contributed by atoms with Crippen molar-refractivity contribution in [3.8, 4) is 0 Å². The van der Waals surface area contributed by atoms with E-state index in [9.17, 15) is 4.39 Å². The lowest BCUT2D eigenvalue weighted by Crippen LogP contribution is -2.26. The van der Waals surface area contributed by atoms with Crippen molar-refractivity contribution in [3.05, 3.63) is 53.9 Å². The van der Waals surface area contributed by atoms with E-state index >= 15 is 0 Å². The summed E-state index contributed by atoms with van der Waals surface area (Å²) in [6.45, 7) is 1.77. The molecule has 1 aromatic carbocycles. The smallest absolute Gasteiger partial charge is 0.123 e. The van der Waals surface area contributed by atoms with Crippen LogP contribution in [0.15, 0.2) is 36.8 Å². The van der Waals surface area contributed by atoms with Gasteiger partial charge in [0.2, 0.25) is 0 Å². The molecule has 0 spiro atoms. The summed E-state index contributed by atoms with van der Waals surface area (Å²) in [5.74, 6) is -0.173. The van der Waals surface area contributed by atoms with Crippen LogP contribution < -0.4 is 0 Å². The highest BCUT2D eigenvalue weighted by Gasteiger charge is 2.29. The molecule has 1 fully saturated rings. The van der Waals surface area contributed by atoms with Crippen LogP contribution >= 0.6 is 0 Å². The second-order valence-corrected chi connectivity index (χ2v) is 5.26. The Kier molecular flexibility index (Phi) is 3.34. The fraction of sp³-hybridized carbons (Fsp3) is 0.400. The number of nitrogens with zero attached hydrogens (tertiary/aromatic N) is 3. The average Bonchev–Trinajstić information content (AvgIpc) is 3.17. The minimum absolute atomic E-state index is 0.173. The topological polar surface area (TPSA) is 21.1 Å². The maximum atomic E-state index is 12.9. The molecule has 1 heterocycles. The number of hydrogen-bond donors (Lipinski definition) is 0. The van der Waals surface area contributed by atoms with Gasteiger partial charge in [0, 0.05) is 32.4 Å². The Hall–Kier alpha value is -1.68. The minimum atomic E-state index is -0.173. The molecule has 1 aromatic heterocycles. The van der Waals surface area contributed by atoms with Gasteiger partial charge >= 0.3 is 0 Å². The summed E-state index contributed by atoms with van der Waals surface area (Å²) in [4.78, 5) is 6.61. The number of benzene rings is 1. The first-order valence-corrected chi connectivity index (χ1v) is 6.66. The van der Waals surface area contributed by atoms with Crippen molar-refractivity contribution < 1.29 is 4.39 Å². The molecule has 0 radical (unpaired) electrons. The molecule has 0 saturated heterocycles. The largest absolute Gasteiger partial charge is 0.337 e. The molecule has 1 aliphatic carbocycles. The first kappa shape index (κ1) is 12.4. The van der Waals surface area contributed by atoms with Crippen LogP contribution in [0.3, 0.4) is 0 Å². The highest BCUT2D eigenvalue weighted by molar-refractivity contribution is 5.16. The lowest BCUT2D eigenvalue weighted by molar-refractivity contribution is 0.240. The summed E-state index contributed by atoms with van der Waals surface area (Å²) >= 11 is 0. The molecule has 2 aromatic rings. The molecule has 1 aliphatic rings. The van der Waals surface area contributed by atoms with Crippen LogP contribution in [0.2, 0.25) is 0 Å². The lowest BCUT2D eigenvalue weighted by atomic mass is 10.2. The normalized spacial score (nSPS) is 15.1. The van der Waals surface area contributed by atoms with Crippen molar-refractivity contribution in [2.24, 2.45) is 7.05 Å². The Balaban J connectivity index is 1.71. The molecule has 19 heavy (non-hydrogen) atoms. The summed E-state index contributed by atoms with van der Waals surface area (Å²) in [6, 6.07) is 7.47. The van der Waals surface area contributed by atoms with Crippen LogP contribution in [0, 0.1) is 5.82 Å². The fourth-order valence-corrected chi connectivity index (χ4v) is 2.32. The van der Waals surface area contributed by atoms with Crippen LogP contribution in [0.4, 0.5) is 4.39 Å². The van der Waals surface area contributed by atoms with Crippen LogP contribution in [-0.2, 0) is 20.1 Å². The van der Waals surface area contributed by atoms with Crippen LogP contribution in [0.25, 0.3) is 0 Å². The Morgan fingerprint density at radius 1 is 1.26 bits per heavy atom. The number of aryl methyl sites for hydroxylation is 1. The van der Waals surface area contributed by atoms with E-state index in [2.05, 4.69) is 14.5 Å². The van der Waals surface area contributed by atoms with E-state index in [0.29, 0.717) is 6.04 Å². The van der Waals surface area contributed by atoms with Crippen molar-refractivity contribution in [1.82, 2.24) is 14.5 Å². The Labute approximate surface area is 112 Å². The van der Waals surface area contributed by atoms with Gasteiger partial charge in [0.05, 0.1) is 12.0 Å². The number of imidazole rings is 1. The van der Waals surface area contributed by atoms with Gasteiger partial charge in [-0.05, 0) is 30.5 Å². The predicted molar refractivity (Wildman–Crippen MR) is 71.9 cm³/mol. The molecule has 3 rings (SSSR count). The van der Waals surface area contributed by atoms with Crippen molar-refractivity contribution in [3.63, 3.8) is 0 Å². The van der Waals surface area contributed by atoms with Crippen molar-refractivity contribution >= 4 is 0 Å². The van der Waals surface area contributed by atoms with E-state index in [1.54, 1.807) is 0 Å². The van der Waals surface area contributed by atoms with Gasteiger partial charge in [0.15, 0.2) is 0 Å². The third-order valence-electron chi connectivity index (χ3n) is 3.64. The highest BCUT2D eigenvalue weighted by Crippen LogP contribution is 2.29. The minimum Gasteiger partial charge on any atom is -0.337 e. The summed E-state index contributed by atoms with van der Waals surface area (Å²) in [5.41, 5.74) is 2.38. The SMILES string of the molecule is Cn1cncc1CN(Cc1ccc(F)cc1)C1CC1. The molecule has 0 amide bonds. The third kappa shape index (κ3) is 3.01. The van der Waals surface area contributed by atoms with E-state index in [1.165, 1.54) is 30.7 Å². The molecular formula is C15H18FN3. The maximum absolute atomic E-state index is 12.9. The first-order chi connectivity index (χ1) is 9.22. The van der Waals surface area contributed by atoms with E-state index in [0.717, 1.165) is 18.7 Å². The van der Waals surface area contributed by atoms with Gasteiger partial charge < -0.3 is 4.57 Å². The number of rotatable bonds is 5. The number of aromatic nitrogens is 2. The van der Waals surface area contributed by atoms with Gasteiger partial charge in [-0.3, -0.25) is 4.90 Å². The second-order valence-electron chi connectivity index (χ2n) is 5.26. The molecule has 0 N–H and O–H groups in total. The molecule has 1 saturated carbocycles. The Bertz CT molecular complexity index is 543. The summed E-state index contributed by atoms with van der Waals surface area (Å²) in [6.07, 6.45) is 6.27. The fourth-order valence-electron chi connectivity index (χ4n) is 2.32. The molecule has 4 heteroatoms. The van der Waals surface area contributed by atoms with E-state index < -0.39 is 0 Å². The summed E-state index contributed by atoms with van der Waals surface area (Å²) < 4.78 is 15.0. The highest BCUT2D eigenvalue weighted by atomic mass is 19.1. The van der Waals surface area contributed by atoms with Crippen LogP contribution in [0.5, 0.6) is 0 Å². The molecule has 100 valence electrons. The zero-order valence-corrected chi connectivity index (χ0v) is 11.1. The predicted octanol–water partition coefficient (Wildman–Crippen LogP) is 2.72. The van der Waals surface area contributed by atoms with Crippen LogP contribution in [-0.4, -0.2) is 20.5 Å². The van der Waals surface area contributed by atoms with E-state index in [4.69, 9.17) is 0 Å². The van der Waals surface area contributed by atoms with Gasteiger partial charge in [-0.1, -0.05) is 12.1 Å². The number of halogens is 1. The monoisotopic (exact) mass is 259 g/mol. The molecule has 0 atom stereocenters. The zero-order valence-electron chi connectivity index (χ0n) is 11.1. The number of hydrogen-bond acceptors (Lipinski definition) is 2. The van der Waals surface area contributed by atoms with Gasteiger partial charge in [0.1, 0.15) is 5.82 Å². The molecule has 0 aliphatic heterocycles. The van der Waals surface area contributed by atoms with Crippen molar-refractivity contribution in [1.29, 1.82) is 0 Å². The van der Waals surface area contributed by atoms with Gasteiger partial charge in [-0.15, -0.1) is 0 Å². The van der Waals surface area contributed by atoms with Gasteiger partial charge in [-0.25, -0.2) is 9.37 Å². The Morgan fingerprint density at radius 3 is 2.58 bits per heavy atom. The van der Waals surface area contributed by atoms with E-state index in [1.807, 2.05) is 31.7 Å². The summed E-state index contributed by atoms with van der Waals surface area (Å²) in [5, 5.41) is 0. The maximum Gasteiger partial charge on any atom is 0.123 e. The standard InChI is InChI=1S/C15H18FN3/c1-18-11-17-8-15(18)10-19(14-6-7-14)9-12-2-4-13(16)5-3-12/h2-5,8,11,14H,6-7,9-10H2,1H3. The van der Waals surface area contributed by atoms with Crippen LogP contribution in [0.1, 0.15) is 24.1 Å².